The number of amides is 1. The molecule has 0 saturated heterocycles. The summed E-state index contributed by atoms with van der Waals surface area (Å²) in [6, 6.07) is 5.46. The molecule has 1 rings (SSSR count). The van der Waals surface area contributed by atoms with Gasteiger partial charge in [0.1, 0.15) is 0 Å². The summed E-state index contributed by atoms with van der Waals surface area (Å²) in [5.74, 6) is -0.351. The number of halogens is 3. The Morgan fingerprint density at radius 2 is 1.85 bits per heavy atom. The van der Waals surface area contributed by atoms with Crippen LogP contribution in [0.1, 0.15) is 26.7 Å². The van der Waals surface area contributed by atoms with E-state index in [0.29, 0.717) is 12.1 Å². The highest BCUT2D eigenvalue weighted by molar-refractivity contribution is 8.00. The summed E-state index contributed by atoms with van der Waals surface area (Å²) < 4.78 is 36.5. The first-order chi connectivity index (χ1) is 9.14. The van der Waals surface area contributed by atoms with Crippen LogP contribution in [0.3, 0.4) is 0 Å². The maximum absolute atomic E-state index is 12.2. The van der Waals surface area contributed by atoms with Crippen LogP contribution in [-0.2, 0) is 4.79 Å². The molecule has 1 aromatic carbocycles. The summed E-state index contributed by atoms with van der Waals surface area (Å²) >= 11 is -0.195. The Morgan fingerprint density at radius 3 is 2.30 bits per heavy atom. The Kier molecular flexibility index (Phi) is 5.47. The quantitative estimate of drug-likeness (QED) is 0.815. The van der Waals surface area contributed by atoms with Crippen molar-refractivity contribution in [3.63, 3.8) is 0 Å². The molecule has 0 spiro atoms. The molecule has 0 bridgehead atoms. The number of thioether (sulfide) groups is 1. The minimum Gasteiger partial charge on any atom is -0.325 e. The van der Waals surface area contributed by atoms with Crippen LogP contribution < -0.4 is 11.1 Å². The molecule has 20 heavy (non-hydrogen) atoms. The van der Waals surface area contributed by atoms with Gasteiger partial charge < -0.3 is 11.1 Å². The zero-order valence-electron chi connectivity index (χ0n) is 11.3. The maximum atomic E-state index is 12.2. The monoisotopic (exact) mass is 306 g/mol. The van der Waals surface area contributed by atoms with Crippen molar-refractivity contribution < 1.29 is 18.0 Å². The van der Waals surface area contributed by atoms with Crippen LogP contribution in [0.15, 0.2) is 29.2 Å². The average Bonchev–Trinajstić information content (AvgIpc) is 2.29. The van der Waals surface area contributed by atoms with E-state index in [2.05, 4.69) is 5.32 Å². The first kappa shape index (κ1) is 16.8. The highest BCUT2D eigenvalue weighted by atomic mass is 32.2. The topological polar surface area (TPSA) is 55.1 Å². The van der Waals surface area contributed by atoms with Crippen molar-refractivity contribution in [3.8, 4) is 0 Å². The number of benzene rings is 1. The smallest absolute Gasteiger partial charge is 0.325 e. The van der Waals surface area contributed by atoms with Gasteiger partial charge in [-0.25, -0.2) is 0 Å². The van der Waals surface area contributed by atoms with Crippen molar-refractivity contribution in [1.29, 1.82) is 0 Å². The van der Waals surface area contributed by atoms with Crippen LogP contribution in [0.5, 0.6) is 0 Å². The normalized spacial score (nSPS) is 14.7. The van der Waals surface area contributed by atoms with Gasteiger partial charge in [0.2, 0.25) is 5.91 Å². The second-order valence-electron chi connectivity index (χ2n) is 4.69. The lowest BCUT2D eigenvalue weighted by atomic mass is 9.96. The van der Waals surface area contributed by atoms with Gasteiger partial charge in [0.25, 0.3) is 0 Å². The molecule has 7 heteroatoms. The van der Waals surface area contributed by atoms with Gasteiger partial charge >= 0.3 is 5.51 Å². The molecule has 0 radical (unpaired) electrons. The van der Waals surface area contributed by atoms with Crippen molar-refractivity contribution >= 4 is 23.4 Å². The summed E-state index contributed by atoms with van der Waals surface area (Å²) in [7, 11) is 0. The fourth-order valence-corrected chi connectivity index (χ4v) is 2.19. The van der Waals surface area contributed by atoms with Crippen LogP contribution in [0, 0.1) is 0 Å². The van der Waals surface area contributed by atoms with E-state index in [0.717, 1.165) is 6.42 Å². The predicted molar refractivity (Wildman–Crippen MR) is 74.5 cm³/mol. The molecular formula is C13H17F3N2OS. The molecule has 0 aliphatic rings. The van der Waals surface area contributed by atoms with Gasteiger partial charge in [-0.3, -0.25) is 4.79 Å². The third-order valence-electron chi connectivity index (χ3n) is 2.63. The summed E-state index contributed by atoms with van der Waals surface area (Å²) in [6.07, 6.45) is 1.29. The summed E-state index contributed by atoms with van der Waals surface area (Å²) in [4.78, 5) is 12.0. The first-order valence-corrected chi connectivity index (χ1v) is 6.92. The number of nitrogens with one attached hydrogen (secondary N) is 1. The Balaban J connectivity index is 2.68. The molecule has 3 nitrogen and oxygen atoms in total. The average molecular weight is 306 g/mol. The van der Waals surface area contributed by atoms with Crippen LogP contribution in [0.4, 0.5) is 18.9 Å². The molecular weight excluding hydrogens is 289 g/mol. The molecule has 1 amide bonds. The fourth-order valence-electron chi connectivity index (χ4n) is 1.65. The van der Waals surface area contributed by atoms with Crippen molar-refractivity contribution in [2.24, 2.45) is 5.73 Å². The maximum Gasteiger partial charge on any atom is 0.446 e. The van der Waals surface area contributed by atoms with Gasteiger partial charge in [-0.2, -0.15) is 13.2 Å². The largest absolute Gasteiger partial charge is 0.446 e. The molecule has 0 fully saturated rings. The van der Waals surface area contributed by atoms with Crippen molar-refractivity contribution in [2.75, 3.05) is 5.32 Å². The number of alkyl halides is 3. The highest BCUT2D eigenvalue weighted by Crippen LogP contribution is 2.37. The third kappa shape index (κ3) is 5.42. The van der Waals surface area contributed by atoms with Gasteiger partial charge in [-0.1, -0.05) is 13.3 Å². The van der Waals surface area contributed by atoms with Gasteiger partial charge in [0, 0.05) is 10.6 Å². The Morgan fingerprint density at radius 1 is 1.30 bits per heavy atom. The molecule has 1 atom stereocenters. The minimum absolute atomic E-state index is 0.0690. The SMILES string of the molecule is CCCC(C)(N)C(=O)Nc1ccc(SC(F)(F)F)cc1. The predicted octanol–water partition coefficient (Wildman–Crippen LogP) is 3.75. The molecule has 0 saturated carbocycles. The van der Waals surface area contributed by atoms with E-state index in [1.165, 1.54) is 24.3 Å². The van der Waals surface area contributed by atoms with Crippen LogP contribution in [-0.4, -0.2) is 17.0 Å². The Bertz CT molecular complexity index is 458. The number of nitrogens with two attached hydrogens (primary N) is 1. The van der Waals surface area contributed by atoms with Gasteiger partial charge in [-0.05, 0) is 49.4 Å². The number of anilines is 1. The lowest BCUT2D eigenvalue weighted by molar-refractivity contribution is -0.120. The first-order valence-electron chi connectivity index (χ1n) is 6.10. The van der Waals surface area contributed by atoms with Crippen LogP contribution >= 0.6 is 11.8 Å². The fraction of sp³-hybridized carbons (Fsp3) is 0.462. The lowest BCUT2D eigenvalue weighted by Crippen LogP contribution is -2.48. The van der Waals surface area contributed by atoms with E-state index < -0.39 is 11.0 Å². The lowest BCUT2D eigenvalue weighted by Gasteiger charge is -2.22. The third-order valence-corrected chi connectivity index (χ3v) is 3.37. The van der Waals surface area contributed by atoms with E-state index >= 15 is 0 Å². The number of hydrogen-bond acceptors (Lipinski definition) is 3. The summed E-state index contributed by atoms with van der Waals surface area (Å²) in [6.45, 7) is 3.54. The Hall–Kier alpha value is -1.21. The molecule has 1 unspecified atom stereocenters. The van der Waals surface area contributed by atoms with Gasteiger partial charge in [-0.15, -0.1) is 0 Å². The number of hydrogen-bond donors (Lipinski definition) is 2. The number of carbonyl (C=O) groups is 1. The molecule has 0 heterocycles. The highest BCUT2D eigenvalue weighted by Gasteiger charge is 2.29. The molecule has 1 aromatic rings. The van der Waals surface area contributed by atoms with Gasteiger partial charge in [0.15, 0.2) is 0 Å². The van der Waals surface area contributed by atoms with Crippen molar-refractivity contribution in [3.05, 3.63) is 24.3 Å². The van der Waals surface area contributed by atoms with Crippen molar-refractivity contribution in [2.45, 2.75) is 42.6 Å². The number of carbonyl (C=O) groups excluding carboxylic acids is 1. The van der Waals surface area contributed by atoms with E-state index in [1.807, 2.05) is 6.92 Å². The number of rotatable bonds is 5. The molecule has 112 valence electrons. The second-order valence-corrected chi connectivity index (χ2v) is 5.83. The summed E-state index contributed by atoms with van der Waals surface area (Å²) in [5.41, 5.74) is 0.982. The molecule has 3 N–H and O–H groups in total. The Labute approximate surface area is 120 Å². The van der Waals surface area contributed by atoms with Crippen molar-refractivity contribution in [1.82, 2.24) is 0 Å². The van der Waals surface area contributed by atoms with E-state index in [-0.39, 0.29) is 22.6 Å². The zero-order chi connectivity index (χ0) is 15.4. The molecule has 0 aliphatic carbocycles. The van der Waals surface area contributed by atoms with Crippen LogP contribution in [0.2, 0.25) is 0 Å². The van der Waals surface area contributed by atoms with Crippen LogP contribution in [0.25, 0.3) is 0 Å². The zero-order valence-corrected chi connectivity index (χ0v) is 12.1. The standard InChI is InChI=1S/C13H17F3N2OS/c1-3-8-12(2,17)11(19)18-9-4-6-10(7-5-9)20-13(14,15)16/h4-7H,3,8,17H2,1-2H3,(H,18,19). The molecule has 0 aromatic heterocycles. The second kappa shape index (κ2) is 6.49. The molecule has 0 aliphatic heterocycles. The van der Waals surface area contributed by atoms with E-state index in [9.17, 15) is 18.0 Å². The van der Waals surface area contributed by atoms with Gasteiger partial charge in [0.05, 0.1) is 5.54 Å². The summed E-state index contributed by atoms with van der Waals surface area (Å²) in [5, 5.41) is 2.60. The minimum atomic E-state index is -4.32. The van der Waals surface area contributed by atoms with E-state index in [1.54, 1.807) is 6.92 Å². The van der Waals surface area contributed by atoms with E-state index in [4.69, 9.17) is 5.73 Å².